The lowest BCUT2D eigenvalue weighted by Gasteiger charge is -2.16. The average Bonchev–Trinajstić information content (AvgIpc) is 3.00. The molecule has 0 atom stereocenters. The molecular formula is C22H13F2N3O4. The zero-order valence-corrected chi connectivity index (χ0v) is 15.7. The summed E-state index contributed by atoms with van der Waals surface area (Å²) in [5, 5.41) is 13.7. The first kappa shape index (κ1) is 19.9. The van der Waals surface area contributed by atoms with Gasteiger partial charge < -0.3 is 5.32 Å². The van der Waals surface area contributed by atoms with Gasteiger partial charge in [-0.15, -0.1) is 0 Å². The standard InChI is InChI=1S/C22H13F2N3O4/c23-14-7-9-15(10-8-14)25-20-19(13-5-11-16(12-6-13)27(30)31)21(28)26(22(20)29)18-4-2-1-3-17(18)24/h1-12,25H. The van der Waals surface area contributed by atoms with Crippen LogP contribution in [0.15, 0.2) is 78.5 Å². The Bertz CT molecular complexity index is 1240. The highest BCUT2D eigenvalue weighted by molar-refractivity contribution is 6.46. The van der Waals surface area contributed by atoms with Gasteiger partial charge in [0, 0.05) is 17.8 Å². The first-order valence-electron chi connectivity index (χ1n) is 9.02. The summed E-state index contributed by atoms with van der Waals surface area (Å²) in [6.45, 7) is 0. The number of halogens is 2. The SMILES string of the molecule is O=C1C(Nc2ccc(F)cc2)=C(c2ccc([N+](=O)[O-])cc2)C(=O)N1c1ccccc1F. The maximum atomic E-state index is 14.4. The molecule has 2 amide bonds. The Kier molecular flexibility index (Phi) is 5.00. The van der Waals surface area contributed by atoms with Crippen LogP contribution in [0, 0.1) is 21.7 Å². The van der Waals surface area contributed by atoms with Crippen molar-refractivity contribution in [1.29, 1.82) is 0 Å². The fraction of sp³-hybridized carbons (Fsp3) is 0. The van der Waals surface area contributed by atoms with Crippen LogP contribution in [0.2, 0.25) is 0 Å². The van der Waals surface area contributed by atoms with E-state index in [-0.39, 0.29) is 28.2 Å². The monoisotopic (exact) mass is 421 g/mol. The predicted octanol–water partition coefficient (Wildman–Crippen LogP) is 4.27. The van der Waals surface area contributed by atoms with E-state index in [0.29, 0.717) is 10.6 Å². The van der Waals surface area contributed by atoms with Crippen molar-refractivity contribution in [3.63, 3.8) is 0 Å². The second kappa shape index (κ2) is 7.79. The van der Waals surface area contributed by atoms with Crippen molar-refractivity contribution in [2.45, 2.75) is 0 Å². The molecule has 0 spiro atoms. The summed E-state index contributed by atoms with van der Waals surface area (Å²) < 4.78 is 27.6. The average molecular weight is 421 g/mol. The molecular weight excluding hydrogens is 408 g/mol. The van der Waals surface area contributed by atoms with Crippen molar-refractivity contribution in [1.82, 2.24) is 0 Å². The van der Waals surface area contributed by atoms with Gasteiger partial charge in [-0.1, -0.05) is 12.1 Å². The van der Waals surface area contributed by atoms with E-state index in [0.717, 1.165) is 6.07 Å². The minimum absolute atomic E-state index is 0.0903. The van der Waals surface area contributed by atoms with E-state index in [2.05, 4.69) is 5.32 Å². The second-order valence-corrected chi connectivity index (χ2v) is 6.58. The Balaban J connectivity index is 1.83. The summed E-state index contributed by atoms with van der Waals surface area (Å²) in [4.78, 5) is 37.4. The third-order valence-corrected chi connectivity index (χ3v) is 4.66. The highest BCUT2D eigenvalue weighted by Gasteiger charge is 2.41. The Labute approximate surface area is 174 Å². The van der Waals surface area contributed by atoms with Crippen LogP contribution in [0.1, 0.15) is 5.56 Å². The van der Waals surface area contributed by atoms with Crippen molar-refractivity contribution < 1.29 is 23.3 Å². The highest BCUT2D eigenvalue weighted by atomic mass is 19.1. The third-order valence-electron chi connectivity index (χ3n) is 4.66. The lowest BCUT2D eigenvalue weighted by Crippen LogP contribution is -2.33. The molecule has 3 aromatic carbocycles. The highest BCUT2D eigenvalue weighted by Crippen LogP contribution is 2.35. The van der Waals surface area contributed by atoms with Gasteiger partial charge in [0.1, 0.15) is 17.3 Å². The van der Waals surface area contributed by atoms with Gasteiger partial charge in [0.25, 0.3) is 17.5 Å². The van der Waals surface area contributed by atoms with E-state index >= 15 is 0 Å². The first-order chi connectivity index (χ1) is 14.9. The van der Waals surface area contributed by atoms with Crippen LogP contribution in [0.4, 0.5) is 25.8 Å². The summed E-state index contributed by atoms with van der Waals surface area (Å²) in [6, 6.07) is 15.5. The zero-order chi connectivity index (χ0) is 22.1. The fourth-order valence-corrected chi connectivity index (χ4v) is 3.19. The number of hydrogen-bond acceptors (Lipinski definition) is 5. The van der Waals surface area contributed by atoms with Crippen molar-refractivity contribution in [2.75, 3.05) is 10.2 Å². The number of carbonyl (C=O) groups is 2. The molecule has 0 saturated heterocycles. The molecule has 154 valence electrons. The third kappa shape index (κ3) is 3.64. The maximum absolute atomic E-state index is 14.4. The molecule has 0 aromatic heterocycles. The van der Waals surface area contributed by atoms with Gasteiger partial charge in [-0.3, -0.25) is 19.7 Å². The summed E-state index contributed by atoms with van der Waals surface area (Å²) in [5.41, 5.74) is -0.117. The van der Waals surface area contributed by atoms with Gasteiger partial charge in [0.05, 0.1) is 16.2 Å². The van der Waals surface area contributed by atoms with Gasteiger partial charge in [-0.05, 0) is 54.1 Å². The summed E-state index contributed by atoms with van der Waals surface area (Å²) in [7, 11) is 0. The number of benzene rings is 3. The van der Waals surface area contributed by atoms with Gasteiger partial charge in [-0.25, -0.2) is 13.7 Å². The van der Waals surface area contributed by atoms with Crippen molar-refractivity contribution in [3.05, 3.63) is 106 Å². The minimum Gasteiger partial charge on any atom is -0.350 e. The van der Waals surface area contributed by atoms with Gasteiger partial charge in [0.15, 0.2) is 0 Å². The van der Waals surface area contributed by atoms with E-state index in [1.54, 1.807) is 0 Å². The van der Waals surface area contributed by atoms with Crippen LogP contribution in [0.3, 0.4) is 0 Å². The molecule has 1 aliphatic rings. The molecule has 4 rings (SSSR count). The lowest BCUT2D eigenvalue weighted by atomic mass is 10.0. The Morgan fingerprint density at radius 1 is 0.839 bits per heavy atom. The molecule has 31 heavy (non-hydrogen) atoms. The molecule has 0 fully saturated rings. The number of nitrogens with zero attached hydrogens (tertiary/aromatic N) is 2. The molecule has 1 aliphatic heterocycles. The van der Waals surface area contributed by atoms with E-state index in [9.17, 15) is 28.5 Å². The van der Waals surface area contributed by atoms with Crippen LogP contribution in [0.5, 0.6) is 0 Å². The number of rotatable bonds is 5. The smallest absolute Gasteiger partial charge is 0.282 e. The number of non-ortho nitro benzene ring substituents is 1. The Morgan fingerprint density at radius 3 is 2.10 bits per heavy atom. The van der Waals surface area contributed by atoms with E-state index in [4.69, 9.17) is 0 Å². The number of hydrogen-bond donors (Lipinski definition) is 1. The molecule has 3 aromatic rings. The zero-order valence-electron chi connectivity index (χ0n) is 15.7. The number of amides is 2. The predicted molar refractivity (Wildman–Crippen MR) is 109 cm³/mol. The quantitative estimate of drug-likeness (QED) is 0.377. The summed E-state index contributed by atoms with van der Waals surface area (Å²) in [5.74, 6) is -2.87. The molecule has 9 heteroatoms. The van der Waals surface area contributed by atoms with Crippen LogP contribution < -0.4 is 10.2 Å². The van der Waals surface area contributed by atoms with E-state index in [1.807, 2.05) is 0 Å². The number of nitro benzene ring substituents is 1. The van der Waals surface area contributed by atoms with Gasteiger partial charge in [0.2, 0.25) is 0 Å². The number of nitro groups is 1. The van der Waals surface area contributed by atoms with Crippen LogP contribution in [-0.2, 0) is 9.59 Å². The van der Waals surface area contributed by atoms with Crippen molar-refractivity contribution >= 4 is 34.4 Å². The largest absolute Gasteiger partial charge is 0.350 e. The molecule has 0 radical (unpaired) electrons. The molecule has 0 bridgehead atoms. The van der Waals surface area contributed by atoms with E-state index < -0.39 is 28.4 Å². The molecule has 7 nitrogen and oxygen atoms in total. The van der Waals surface area contributed by atoms with Crippen molar-refractivity contribution in [2.24, 2.45) is 0 Å². The molecule has 0 aliphatic carbocycles. The number of para-hydroxylation sites is 1. The second-order valence-electron chi connectivity index (χ2n) is 6.58. The normalized spacial score (nSPS) is 13.7. The molecule has 0 unspecified atom stereocenters. The van der Waals surface area contributed by atoms with Crippen LogP contribution >= 0.6 is 0 Å². The van der Waals surface area contributed by atoms with Gasteiger partial charge in [-0.2, -0.15) is 0 Å². The maximum Gasteiger partial charge on any atom is 0.282 e. The number of carbonyl (C=O) groups excluding carboxylic acids is 2. The minimum atomic E-state index is -0.812. The Morgan fingerprint density at radius 2 is 1.48 bits per heavy atom. The molecule has 1 heterocycles. The molecule has 0 saturated carbocycles. The number of nitrogens with one attached hydrogen (secondary N) is 1. The van der Waals surface area contributed by atoms with Crippen LogP contribution in [0.25, 0.3) is 5.57 Å². The van der Waals surface area contributed by atoms with Crippen LogP contribution in [-0.4, -0.2) is 16.7 Å². The fourth-order valence-electron chi connectivity index (χ4n) is 3.19. The lowest BCUT2D eigenvalue weighted by molar-refractivity contribution is -0.384. The van der Waals surface area contributed by atoms with Gasteiger partial charge >= 0.3 is 0 Å². The summed E-state index contributed by atoms with van der Waals surface area (Å²) >= 11 is 0. The number of anilines is 2. The topological polar surface area (TPSA) is 92.5 Å². The number of imide groups is 1. The summed E-state index contributed by atoms with van der Waals surface area (Å²) in [6.07, 6.45) is 0. The van der Waals surface area contributed by atoms with E-state index in [1.165, 1.54) is 66.7 Å². The Hall–Kier alpha value is -4.40. The van der Waals surface area contributed by atoms with Crippen molar-refractivity contribution in [3.8, 4) is 0 Å². The molecule has 1 N–H and O–H groups in total. The first-order valence-corrected chi connectivity index (χ1v) is 9.02.